The van der Waals surface area contributed by atoms with Gasteiger partial charge in [0.15, 0.2) is 6.29 Å². The first kappa shape index (κ1) is 9.96. The molecule has 1 saturated heterocycles. The maximum Gasteiger partial charge on any atom is 0.162 e. The van der Waals surface area contributed by atoms with Crippen molar-refractivity contribution in [2.75, 3.05) is 0 Å². The van der Waals surface area contributed by atoms with Gasteiger partial charge in [0.25, 0.3) is 0 Å². The predicted octanol–water partition coefficient (Wildman–Crippen LogP) is 1.95. The van der Waals surface area contributed by atoms with Crippen molar-refractivity contribution in [3.05, 3.63) is 18.5 Å². The van der Waals surface area contributed by atoms with Crippen molar-refractivity contribution in [1.82, 2.24) is 9.78 Å². The Morgan fingerprint density at radius 1 is 1.57 bits per heavy atom. The first-order valence-electron chi connectivity index (χ1n) is 4.73. The second-order valence-corrected chi connectivity index (χ2v) is 3.73. The molecule has 0 aromatic carbocycles. The largest absolute Gasteiger partial charge is 0.334 e. The van der Waals surface area contributed by atoms with Gasteiger partial charge in [-0.2, -0.15) is 5.10 Å². The van der Waals surface area contributed by atoms with E-state index >= 15 is 0 Å². The average molecular weight is 217 g/mol. The number of halogens is 1. The van der Waals surface area contributed by atoms with Gasteiger partial charge in [-0.25, -0.2) is 4.68 Å². The Bertz CT molecular complexity index is 266. The van der Waals surface area contributed by atoms with Crippen molar-refractivity contribution in [1.29, 1.82) is 0 Å². The van der Waals surface area contributed by atoms with Gasteiger partial charge in [-0.15, -0.1) is 0 Å². The Labute approximate surface area is 87.8 Å². The van der Waals surface area contributed by atoms with Gasteiger partial charge in [0, 0.05) is 12.4 Å². The van der Waals surface area contributed by atoms with Crippen molar-refractivity contribution >= 4 is 11.6 Å². The number of alkyl halides is 1. The van der Waals surface area contributed by atoms with E-state index in [1.165, 1.54) is 0 Å². The van der Waals surface area contributed by atoms with Crippen molar-refractivity contribution in [3.63, 3.8) is 0 Å². The summed E-state index contributed by atoms with van der Waals surface area (Å²) in [6.45, 7) is 0.418. The average Bonchev–Trinajstić information content (AvgIpc) is 2.67. The van der Waals surface area contributed by atoms with Crippen LogP contribution in [0.4, 0.5) is 0 Å². The van der Waals surface area contributed by atoms with E-state index in [0.717, 1.165) is 19.3 Å². The second kappa shape index (κ2) is 4.77. The molecule has 78 valence electrons. The molecular weight excluding hydrogens is 204 g/mol. The summed E-state index contributed by atoms with van der Waals surface area (Å²) in [6.07, 6.45) is 6.25. The second-order valence-electron chi connectivity index (χ2n) is 3.25. The molecule has 0 spiro atoms. The quantitative estimate of drug-likeness (QED) is 0.725. The molecule has 1 aromatic rings. The number of rotatable bonds is 3. The van der Waals surface area contributed by atoms with Gasteiger partial charge < -0.3 is 9.47 Å². The third-order valence-electron chi connectivity index (χ3n) is 2.12. The molecule has 1 fully saturated rings. The minimum atomic E-state index is -0.202. The molecule has 2 atom stereocenters. The molecule has 0 radical (unpaired) electrons. The smallest absolute Gasteiger partial charge is 0.162 e. The first-order valence-corrected chi connectivity index (χ1v) is 5.17. The molecule has 0 bridgehead atoms. The van der Waals surface area contributed by atoms with E-state index in [0.29, 0.717) is 6.73 Å². The van der Waals surface area contributed by atoms with Crippen molar-refractivity contribution in [2.24, 2.45) is 0 Å². The van der Waals surface area contributed by atoms with E-state index in [-0.39, 0.29) is 11.9 Å². The summed E-state index contributed by atoms with van der Waals surface area (Å²) in [4.78, 5) is 0. The SMILES string of the molecule is ClC1CCCC(OCn2cccn2)O1. The summed E-state index contributed by atoms with van der Waals surface area (Å²) >= 11 is 5.85. The van der Waals surface area contributed by atoms with E-state index in [2.05, 4.69) is 5.10 Å². The minimum Gasteiger partial charge on any atom is -0.334 e. The van der Waals surface area contributed by atoms with Gasteiger partial charge in [0.05, 0.1) is 0 Å². The molecule has 14 heavy (non-hydrogen) atoms. The molecule has 2 unspecified atom stereocenters. The topological polar surface area (TPSA) is 36.3 Å². The van der Waals surface area contributed by atoms with E-state index in [9.17, 15) is 0 Å². The van der Waals surface area contributed by atoms with Crippen molar-refractivity contribution in [2.45, 2.75) is 37.8 Å². The molecule has 1 aromatic heterocycles. The van der Waals surface area contributed by atoms with Gasteiger partial charge in [-0.05, 0) is 25.3 Å². The lowest BCUT2D eigenvalue weighted by Crippen LogP contribution is -2.27. The van der Waals surface area contributed by atoms with Crippen LogP contribution in [0.25, 0.3) is 0 Å². The monoisotopic (exact) mass is 216 g/mol. The van der Waals surface area contributed by atoms with Crippen LogP contribution in [0.5, 0.6) is 0 Å². The summed E-state index contributed by atoms with van der Waals surface area (Å²) in [7, 11) is 0. The summed E-state index contributed by atoms with van der Waals surface area (Å²) in [5.41, 5.74) is -0.202. The van der Waals surface area contributed by atoms with Crippen LogP contribution in [0, 0.1) is 0 Å². The fourth-order valence-corrected chi connectivity index (χ4v) is 1.67. The highest BCUT2D eigenvalue weighted by molar-refractivity contribution is 6.19. The molecule has 4 nitrogen and oxygen atoms in total. The molecule has 0 N–H and O–H groups in total. The Balaban J connectivity index is 1.75. The normalized spacial score (nSPS) is 27.8. The maximum absolute atomic E-state index is 5.85. The maximum atomic E-state index is 5.85. The molecule has 1 aliphatic rings. The van der Waals surface area contributed by atoms with Gasteiger partial charge in [-0.3, -0.25) is 0 Å². The molecule has 0 aliphatic carbocycles. The lowest BCUT2D eigenvalue weighted by molar-refractivity contribution is -0.192. The summed E-state index contributed by atoms with van der Waals surface area (Å²) in [6, 6.07) is 1.86. The first-order chi connectivity index (χ1) is 6.84. The fraction of sp³-hybridized carbons (Fsp3) is 0.667. The van der Waals surface area contributed by atoms with E-state index < -0.39 is 0 Å². The van der Waals surface area contributed by atoms with Gasteiger partial charge in [0.2, 0.25) is 0 Å². The summed E-state index contributed by atoms with van der Waals surface area (Å²) in [5, 5.41) is 4.02. The Morgan fingerprint density at radius 2 is 2.50 bits per heavy atom. The van der Waals surface area contributed by atoms with E-state index in [1.807, 2.05) is 12.3 Å². The van der Waals surface area contributed by atoms with Crippen LogP contribution in [0.2, 0.25) is 0 Å². The van der Waals surface area contributed by atoms with Crippen LogP contribution in [-0.2, 0) is 16.2 Å². The predicted molar refractivity (Wildman–Crippen MR) is 51.7 cm³/mol. The Kier molecular flexibility index (Phi) is 3.39. The number of aromatic nitrogens is 2. The highest BCUT2D eigenvalue weighted by atomic mass is 35.5. The minimum absolute atomic E-state index is 0.185. The van der Waals surface area contributed by atoms with Gasteiger partial charge >= 0.3 is 0 Å². The summed E-state index contributed by atoms with van der Waals surface area (Å²) < 4.78 is 12.6. The third-order valence-corrected chi connectivity index (χ3v) is 2.44. The number of ether oxygens (including phenoxy) is 2. The molecule has 0 saturated carbocycles. The van der Waals surface area contributed by atoms with Crippen LogP contribution >= 0.6 is 11.6 Å². The zero-order chi connectivity index (χ0) is 9.80. The molecule has 0 amide bonds. The van der Waals surface area contributed by atoms with Gasteiger partial charge in [0.1, 0.15) is 12.3 Å². The highest BCUT2D eigenvalue weighted by Gasteiger charge is 2.20. The Hall–Kier alpha value is -0.580. The van der Waals surface area contributed by atoms with Gasteiger partial charge in [-0.1, -0.05) is 11.6 Å². The fourth-order valence-electron chi connectivity index (χ4n) is 1.40. The summed E-state index contributed by atoms with van der Waals surface area (Å²) in [5.74, 6) is 0. The molecule has 2 heterocycles. The van der Waals surface area contributed by atoms with Crippen molar-refractivity contribution < 1.29 is 9.47 Å². The van der Waals surface area contributed by atoms with Crippen molar-refractivity contribution in [3.8, 4) is 0 Å². The molecule has 2 rings (SSSR count). The highest BCUT2D eigenvalue weighted by Crippen LogP contribution is 2.22. The number of nitrogens with zero attached hydrogens (tertiary/aromatic N) is 2. The number of hydrogen-bond donors (Lipinski definition) is 0. The van der Waals surface area contributed by atoms with E-state index in [4.69, 9.17) is 21.1 Å². The molecular formula is C9H13ClN2O2. The zero-order valence-electron chi connectivity index (χ0n) is 7.80. The zero-order valence-corrected chi connectivity index (χ0v) is 8.56. The van der Waals surface area contributed by atoms with Crippen LogP contribution in [0.3, 0.4) is 0 Å². The van der Waals surface area contributed by atoms with Crippen LogP contribution in [0.15, 0.2) is 18.5 Å². The van der Waals surface area contributed by atoms with E-state index in [1.54, 1.807) is 10.9 Å². The lowest BCUT2D eigenvalue weighted by atomic mass is 10.2. The standard InChI is InChI=1S/C9H13ClN2O2/c10-8-3-1-4-9(14-8)13-7-12-6-2-5-11-12/h2,5-6,8-9H,1,3-4,7H2. The van der Waals surface area contributed by atoms with Crippen LogP contribution in [-0.4, -0.2) is 21.6 Å². The Morgan fingerprint density at radius 3 is 3.21 bits per heavy atom. The lowest BCUT2D eigenvalue weighted by Gasteiger charge is -2.26. The molecule has 5 heteroatoms. The van der Waals surface area contributed by atoms with Crippen LogP contribution < -0.4 is 0 Å². The van der Waals surface area contributed by atoms with Crippen LogP contribution in [0.1, 0.15) is 19.3 Å². The third kappa shape index (κ3) is 2.70. The molecule has 1 aliphatic heterocycles. The number of hydrogen-bond acceptors (Lipinski definition) is 3.